The van der Waals surface area contributed by atoms with Crippen molar-refractivity contribution in [2.75, 3.05) is 19.8 Å². The van der Waals surface area contributed by atoms with Gasteiger partial charge in [-0.1, -0.05) is 91.0 Å². The second-order valence-corrected chi connectivity index (χ2v) is 14.3. The fourth-order valence-corrected chi connectivity index (χ4v) is 7.07. The maximum atomic E-state index is 13.9. The maximum absolute atomic E-state index is 13.9. The predicted molar refractivity (Wildman–Crippen MR) is 217 cm³/mol. The largest absolute Gasteiger partial charge is 0.452 e. The molecule has 0 saturated carbocycles. The summed E-state index contributed by atoms with van der Waals surface area (Å²) in [4.78, 5) is 68.8. The van der Waals surface area contributed by atoms with Crippen LogP contribution < -0.4 is 0 Å². The zero-order valence-electron chi connectivity index (χ0n) is 33.3. The van der Waals surface area contributed by atoms with Crippen LogP contribution in [0.25, 0.3) is 0 Å². The number of aliphatic hydroxyl groups excluding tert-OH is 3. The lowest BCUT2D eigenvalue weighted by Gasteiger charge is -2.46. The van der Waals surface area contributed by atoms with Gasteiger partial charge < -0.3 is 53.2 Å². The number of hydrogen-bond acceptors (Lipinski definition) is 16. The molecular weight excluding hydrogens is 821 g/mol. The number of benzene rings is 5. The molecule has 16 heteroatoms. The van der Waals surface area contributed by atoms with Crippen molar-refractivity contribution < 1.29 is 77.2 Å². The van der Waals surface area contributed by atoms with Gasteiger partial charge in [0.2, 0.25) is 12.1 Å². The fourth-order valence-electron chi connectivity index (χ4n) is 7.07. The van der Waals surface area contributed by atoms with E-state index in [2.05, 4.69) is 0 Å². The van der Waals surface area contributed by atoms with Gasteiger partial charge in [0.05, 0.1) is 41.0 Å². The van der Waals surface area contributed by atoms with Crippen molar-refractivity contribution in [3.8, 4) is 0 Å². The minimum atomic E-state index is -2.62. The minimum absolute atomic E-state index is 0.0170. The third kappa shape index (κ3) is 10.1. The monoisotopic (exact) mass is 862 g/mol. The number of hydrogen-bond donors (Lipinski definition) is 3. The van der Waals surface area contributed by atoms with E-state index in [0.29, 0.717) is 0 Å². The lowest BCUT2D eigenvalue weighted by molar-refractivity contribution is -0.381. The first-order valence-corrected chi connectivity index (χ1v) is 19.8. The number of rotatable bonds is 15. The zero-order valence-corrected chi connectivity index (χ0v) is 33.3. The topological polar surface area (TPSA) is 220 Å². The Kier molecular flexibility index (Phi) is 14.3. The maximum Gasteiger partial charge on any atom is 0.338 e. The highest BCUT2D eigenvalue weighted by molar-refractivity contribution is 5.92. The van der Waals surface area contributed by atoms with Crippen molar-refractivity contribution >= 4 is 29.8 Å². The molecule has 0 amide bonds. The molecule has 2 heterocycles. The number of aliphatic hydroxyl groups is 3. The molecule has 63 heavy (non-hydrogen) atoms. The van der Waals surface area contributed by atoms with Crippen molar-refractivity contribution in [3.63, 3.8) is 0 Å². The predicted octanol–water partition coefficient (Wildman–Crippen LogP) is 3.93. The molecule has 0 spiro atoms. The van der Waals surface area contributed by atoms with Crippen LogP contribution in [0.3, 0.4) is 0 Å². The lowest BCUT2D eigenvalue weighted by Crippen LogP contribution is -2.65. The summed E-state index contributed by atoms with van der Waals surface area (Å²) >= 11 is 0. The second kappa shape index (κ2) is 20.4. The molecule has 326 valence electrons. The zero-order chi connectivity index (χ0) is 44.3. The third-order valence-corrected chi connectivity index (χ3v) is 10.2. The van der Waals surface area contributed by atoms with E-state index in [1.54, 1.807) is 91.0 Å². The minimum Gasteiger partial charge on any atom is -0.452 e. The summed E-state index contributed by atoms with van der Waals surface area (Å²) in [6, 6.07) is 38.5. The van der Waals surface area contributed by atoms with Gasteiger partial charge >= 0.3 is 29.8 Å². The highest BCUT2D eigenvalue weighted by Crippen LogP contribution is 2.41. The highest BCUT2D eigenvalue weighted by Gasteiger charge is 2.64. The van der Waals surface area contributed by atoms with Crippen LogP contribution in [-0.2, 0) is 37.9 Å². The standard InChI is InChI=1S/C47H42O16/c48-26-34-36(57-41(51)29-16-6-1-7-17-29)38(59-43(53)31-20-10-3-11-21-31)39(60-44(54)32-22-12-4-13-23-32)46(56-34)63-47(28-50)40(61-45(55)33-24-14-5-15-25-33)37(35(27-49)62-47)58-42(52)30-18-8-2-9-19-30/h1-25,34-40,46,48-50H,26-28H2/t34-,35-,36-,37-,38+,39-,40+,46-,47+/m1/s1. The average molecular weight is 863 g/mol. The number of esters is 5. The van der Waals surface area contributed by atoms with Gasteiger partial charge in [-0.2, -0.15) is 0 Å². The molecule has 3 N–H and O–H groups in total. The third-order valence-electron chi connectivity index (χ3n) is 10.2. The molecule has 7 rings (SSSR count). The van der Waals surface area contributed by atoms with Crippen molar-refractivity contribution in [1.82, 2.24) is 0 Å². The van der Waals surface area contributed by atoms with Gasteiger partial charge in [-0.15, -0.1) is 0 Å². The van der Waals surface area contributed by atoms with E-state index < -0.39 is 104 Å². The first-order valence-electron chi connectivity index (χ1n) is 19.8. The molecule has 2 fully saturated rings. The molecule has 2 aliphatic heterocycles. The fraction of sp³-hybridized carbons (Fsp3) is 0.255. The number of carbonyl (C=O) groups is 5. The lowest BCUT2D eigenvalue weighted by atomic mass is 9.97. The molecular formula is C47H42O16. The molecule has 0 radical (unpaired) electrons. The Hall–Kier alpha value is -6.79. The van der Waals surface area contributed by atoms with Crippen molar-refractivity contribution in [2.24, 2.45) is 0 Å². The van der Waals surface area contributed by atoms with Gasteiger partial charge in [-0.25, -0.2) is 24.0 Å². The molecule has 2 saturated heterocycles. The molecule has 5 aromatic rings. The first kappa shape index (κ1) is 44.3. The van der Waals surface area contributed by atoms with E-state index in [9.17, 15) is 39.3 Å². The van der Waals surface area contributed by atoms with Gasteiger partial charge in [-0.3, -0.25) is 0 Å². The SMILES string of the molecule is O=C(O[C@@H]1[C@@H](OC(=O)c2ccccc2)[C@@H](O[C@]2(CO)O[C@H](CO)[C@@H](OC(=O)c3ccccc3)[C@@H]2OC(=O)c2ccccc2)O[C@H](CO)[C@H]1OC(=O)c1ccccc1)c1ccccc1. The molecule has 0 bridgehead atoms. The van der Waals surface area contributed by atoms with Crippen LogP contribution in [0, 0.1) is 0 Å². The van der Waals surface area contributed by atoms with E-state index >= 15 is 0 Å². The molecule has 0 unspecified atom stereocenters. The summed E-state index contributed by atoms with van der Waals surface area (Å²) in [5.41, 5.74) is 0.244. The Labute approximate surface area is 360 Å². The van der Waals surface area contributed by atoms with Gasteiger partial charge in [0.15, 0.2) is 30.5 Å². The molecule has 16 nitrogen and oxygen atoms in total. The van der Waals surface area contributed by atoms with Crippen LogP contribution in [0.2, 0.25) is 0 Å². The van der Waals surface area contributed by atoms with Crippen LogP contribution >= 0.6 is 0 Å². The Balaban J connectivity index is 1.32. The second-order valence-electron chi connectivity index (χ2n) is 14.3. The molecule has 5 aromatic carbocycles. The van der Waals surface area contributed by atoms with E-state index in [4.69, 9.17) is 37.9 Å². The van der Waals surface area contributed by atoms with Gasteiger partial charge in [0.25, 0.3) is 0 Å². The Bertz CT molecular complexity index is 2310. The molecule has 2 aliphatic rings. The summed E-state index contributed by atoms with van der Waals surface area (Å²) in [5.74, 6) is -7.44. The van der Waals surface area contributed by atoms with E-state index in [0.717, 1.165) is 0 Å². The summed E-state index contributed by atoms with van der Waals surface area (Å²) in [7, 11) is 0. The summed E-state index contributed by atoms with van der Waals surface area (Å²) in [6.45, 7) is -2.98. The van der Waals surface area contributed by atoms with Crippen molar-refractivity contribution in [1.29, 1.82) is 0 Å². The normalized spacial score (nSPS) is 25.3. The van der Waals surface area contributed by atoms with E-state index in [1.807, 2.05) is 0 Å². The van der Waals surface area contributed by atoms with Gasteiger partial charge in [0, 0.05) is 0 Å². The summed E-state index contributed by atoms with van der Waals surface area (Å²) in [5, 5.41) is 32.7. The molecule has 0 aliphatic carbocycles. The van der Waals surface area contributed by atoms with Crippen LogP contribution in [-0.4, -0.2) is 120 Å². The van der Waals surface area contributed by atoms with E-state index in [1.165, 1.54) is 60.7 Å². The Morgan fingerprint density at radius 3 is 1.13 bits per heavy atom. The van der Waals surface area contributed by atoms with Gasteiger partial charge in [0.1, 0.15) is 18.8 Å². The van der Waals surface area contributed by atoms with Crippen LogP contribution in [0.5, 0.6) is 0 Å². The van der Waals surface area contributed by atoms with Crippen molar-refractivity contribution in [2.45, 2.75) is 54.8 Å². The average Bonchev–Trinajstić information content (AvgIpc) is 3.62. The summed E-state index contributed by atoms with van der Waals surface area (Å²) in [6.07, 6.45) is -14.2. The molecule has 0 aromatic heterocycles. The van der Waals surface area contributed by atoms with Crippen LogP contribution in [0.4, 0.5) is 0 Å². The number of carbonyl (C=O) groups excluding carboxylic acids is 5. The smallest absolute Gasteiger partial charge is 0.338 e. The van der Waals surface area contributed by atoms with Crippen LogP contribution in [0.15, 0.2) is 152 Å². The molecule has 9 atom stereocenters. The Morgan fingerprint density at radius 2 is 0.762 bits per heavy atom. The first-order chi connectivity index (χ1) is 30.6. The summed E-state index contributed by atoms with van der Waals surface area (Å²) < 4.78 is 48.5. The van der Waals surface area contributed by atoms with E-state index in [-0.39, 0.29) is 27.8 Å². The quantitative estimate of drug-likeness (QED) is 0.100. The number of ether oxygens (including phenoxy) is 8. The Morgan fingerprint density at radius 1 is 0.429 bits per heavy atom. The van der Waals surface area contributed by atoms with Crippen LogP contribution in [0.1, 0.15) is 51.8 Å². The van der Waals surface area contributed by atoms with Crippen molar-refractivity contribution in [3.05, 3.63) is 179 Å². The highest BCUT2D eigenvalue weighted by atomic mass is 16.8. The van der Waals surface area contributed by atoms with Gasteiger partial charge in [-0.05, 0) is 60.7 Å².